The van der Waals surface area contributed by atoms with Crippen molar-refractivity contribution in [3.63, 3.8) is 0 Å². The number of methoxy groups -OCH3 is 1. The van der Waals surface area contributed by atoms with E-state index in [0.29, 0.717) is 54.8 Å². The summed E-state index contributed by atoms with van der Waals surface area (Å²) in [5.74, 6) is -0.802. The summed E-state index contributed by atoms with van der Waals surface area (Å²) in [5.41, 5.74) is 0.359. The quantitative estimate of drug-likeness (QED) is 0.266. The summed E-state index contributed by atoms with van der Waals surface area (Å²) >= 11 is 0. The van der Waals surface area contributed by atoms with Crippen molar-refractivity contribution in [3.05, 3.63) is 30.0 Å². The molecule has 2 aliphatic carbocycles. The van der Waals surface area contributed by atoms with Gasteiger partial charge in [-0.3, -0.25) is 9.59 Å². The van der Waals surface area contributed by atoms with Crippen molar-refractivity contribution in [1.82, 2.24) is 10.2 Å². The molecule has 3 amide bonds. The number of hydrogen-bond acceptors (Lipinski definition) is 8. The molecule has 1 aliphatic heterocycles. The number of halogens is 1. The van der Waals surface area contributed by atoms with Gasteiger partial charge in [0.25, 0.3) is 0 Å². The molecule has 1 aromatic carbocycles. The van der Waals surface area contributed by atoms with Crippen LogP contribution in [0.1, 0.15) is 96.0 Å². The smallest absolute Gasteiger partial charge is 0.407 e. The number of carbonyl (C=O) groups is 4. The molecule has 2 N–H and O–H groups in total. The van der Waals surface area contributed by atoms with Gasteiger partial charge in [0.05, 0.1) is 18.8 Å². The Balaban J connectivity index is 1.28. The number of nitrogens with one attached hydrogen (secondary N) is 2. The van der Waals surface area contributed by atoms with Crippen molar-refractivity contribution in [2.45, 2.75) is 109 Å². The van der Waals surface area contributed by atoms with Crippen LogP contribution < -0.4 is 10.6 Å². The van der Waals surface area contributed by atoms with E-state index < -0.39 is 36.4 Å². The first-order chi connectivity index (χ1) is 23.4. The average molecular weight is 686 g/mol. The zero-order valence-corrected chi connectivity index (χ0v) is 29.4. The third-order valence-electron chi connectivity index (χ3n) is 10.5. The summed E-state index contributed by atoms with van der Waals surface area (Å²) in [6.07, 6.45) is 6.36. The molecule has 2 heterocycles. The Morgan fingerprint density at radius 1 is 1.00 bits per heavy atom. The van der Waals surface area contributed by atoms with Gasteiger partial charge in [0.15, 0.2) is 0 Å². The number of likely N-dealkylation sites (tertiary alicyclic amines) is 1. The van der Waals surface area contributed by atoms with Gasteiger partial charge in [0.1, 0.15) is 23.9 Å². The maximum Gasteiger partial charge on any atom is 0.407 e. The monoisotopic (exact) mass is 685 g/mol. The molecule has 3 atom stereocenters. The number of ether oxygens (including phenoxy) is 3. The van der Waals surface area contributed by atoms with Crippen molar-refractivity contribution in [3.8, 4) is 0 Å². The zero-order chi connectivity index (χ0) is 35.3. The highest BCUT2D eigenvalue weighted by Gasteiger charge is 2.47. The van der Waals surface area contributed by atoms with E-state index in [0.717, 1.165) is 32.1 Å². The highest BCUT2D eigenvalue weighted by Crippen LogP contribution is 2.42. The highest BCUT2D eigenvalue weighted by molar-refractivity contribution is 6.00. The van der Waals surface area contributed by atoms with Gasteiger partial charge < -0.3 is 34.2 Å². The van der Waals surface area contributed by atoms with E-state index in [4.69, 9.17) is 18.6 Å². The molecule has 2 aromatic rings. The summed E-state index contributed by atoms with van der Waals surface area (Å²) < 4.78 is 35.7. The molecular weight excluding hydrogens is 633 g/mol. The fourth-order valence-corrected chi connectivity index (χ4v) is 8.03. The van der Waals surface area contributed by atoms with Crippen LogP contribution in [0.2, 0.25) is 0 Å². The van der Waals surface area contributed by atoms with Gasteiger partial charge in [0, 0.05) is 30.6 Å². The van der Waals surface area contributed by atoms with Gasteiger partial charge in [-0.15, -0.1) is 0 Å². The van der Waals surface area contributed by atoms with Crippen molar-refractivity contribution in [2.75, 3.05) is 32.3 Å². The second-order valence-electron chi connectivity index (χ2n) is 14.8. The number of esters is 1. The minimum Gasteiger partial charge on any atom is -0.460 e. The summed E-state index contributed by atoms with van der Waals surface area (Å²) in [6, 6.07) is 5.48. The number of alkyl halides is 1. The predicted octanol–water partition coefficient (Wildman–Crippen LogP) is 6.64. The third kappa shape index (κ3) is 8.93. The lowest BCUT2D eigenvalue weighted by molar-refractivity contribution is -0.142. The Bertz CT molecular complexity index is 1470. The summed E-state index contributed by atoms with van der Waals surface area (Å²) in [4.78, 5) is 54.7. The van der Waals surface area contributed by atoms with E-state index in [1.807, 2.05) is 0 Å². The molecule has 0 radical (unpaired) electrons. The van der Waals surface area contributed by atoms with Gasteiger partial charge in [-0.2, -0.15) is 0 Å². The number of fused-ring (bicyclic) bond motifs is 1. The normalized spacial score (nSPS) is 26.6. The molecule has 3 fully saturated rings. The number of carbonyl (C=O) groups excluding carboxylic acids is 4. The van der Waals surface area contributed by atoms with Crippen molar-refractivity contribution in [2.24, 2.45) is 23.7 Å². The first kappa shape index (κ1) is 36.6. The van der Waals surface area contributed by atoms with Crippen LogP contribution in [0.15, 0.2) is 28.7 Å². The van der Waals surface area contributed by atoms with E-state index in [1.54, 1.807) is 64.0 Å². The van der Waals surface area contributed by atoms with Crippen LogP contribution in [0.3, 0.4) is 0 Å². The molecule has 49 heavy (non-hydrogen) atoms. The van der Waals surface area contributed by atoms with Crippen LogP contribution in [0.25, 0.3) is 11.0 Å². The second kappa shape index (κ2) is 15.9. The molecule has 2 saturated carbocycles. The second-order valence-corrected chi connectivity index (χ2v) is 14.8. The van der Waals surface area contributed by atoms with Gasteiger partial charge in [-0.25, -0.2) is 14.0 Å². The maximum absolute atomic E-state index is 14.2. The summed E-state index contributed by atoms with van der Waals surface area (Å²) in [7, 11) is 1.74. The third-order valence-corrected chi connectivity index (χ3v) is 10.5. The van der Waals surface area contributed by atoms with Crippen molar-refractivity contribution < 1.29 is 42.2 Å². The molecule has 1 aromatic heterocycles. The Hall–Kier alpha value is -3.67. The zero-order valence-electron chi connectivity index (χ0n) is 29.4. The van der Waals surface area contributed by atoms with Crippen LogP contribution >= 0.6 is 0 Å². The fraction of sp³-hybridized carbons (Fsp3) is 0.676. The molecule has 3 aliphatic rings. The first-order valence-corrected chi connectivity index (χ1v) is 17.8. The topological polar surface area (TPSA) is 136 Å². The lowest BCUT2D eigenvalue weighted by Gasteiger charge is -2.38. The predicted molar refractivity (Wildman–Crippen MR) is 182 cm³/mol. The number of benzene rings is 1. The van der Waals surface area contributed by atoms with E-state index in [1.165, 1.54) is 0 Å². The first-order valence-electron chi connectivity index (χ1n) is 17.8. The van der Waals surface area contributed by atoms with Crippen LogP contribution in [-0.2, 0) is 23.8 Å². The van der Waals surface area contributed by atoms with Gasteiger partial charge in [-0.05, 0) is 128 Å². The van der Waals surface area contributed by atoms with E-state index in [2.05, 4.69) is 10.6 Å². The van der Waals surface area contributed by atoms with E-state index in [-0.39, 0.29) is 48.0 Å². The Morgan fingerprint density at radius 2 is 1.71 bits per heavy atom. The largest absolute Gasteiger partial charge is 0.460 e. The van der Waals surface area contributed by atoms with Crippen LogP contribution in [0, 0.1) is 23.7 Å². The van der Waals surface area contributed by atoms with Crippen molar-refractivity contribution in [1.29, 1.82) is 0 Å². The number of anilines is 1. The molecule has 270 valence electrons. The van der Waals surface area contributed by atoms with Crippen LogP contribution in [-0.4, -0.2) is 79.5 Å². The lowest BCUT2D eigenvalue weighted by Crippen LogP contribution is -2.50. The molecular formula is C37H52FN3O8. The summed E-state index contributed by atoms with van der Waals surface area (Å²) in [6.45, 7) is 7.03. The number of alkyl carbamates (subject to hydrolysis) is 1. The number of hydrogen-bond donors (Lipinski definition) is 2. The van der Waals surface area contributed by atoms with Gasteiger partial charge in [0.2, 0.25) is 17.6 Å². The minimum absolute atomic E-state index is 0.0140. The van der Waals surface area contributed by atoms with Gasteiger partial charge in [-0.1, -0.05) is 0 Å². The molecule has 0 bridgehead atoms. The van der Waals surface area contributed by atoms with Crippen molar-refractivity contribution >= 4 is 40.5 Å². The van der Waals surface area contributed by atoms with Gasteiger partial charge >= 0.3 is 12.1 Å². The number of furan rings is 1. The Morgan fingerprint density at radius 3 is 2.35 bits per heavy atom. The van der Waals surface area contributed by atoms with E-state index >= 15 is 0 Å². The summed E-state index contributed by atoms with van der Waals surface area (Å²) in [5, 5.41) is 6.41. The minimum atomic E-state index is -0.710. The SMILES string of the molecule is CCOC(=O)c1cc2cc(NC(=O)[C@@H]3[C@H](C4CCC(OC)CC4)CCN3C(=O)C3CCC(C(CF)NC(=O)OC(C)(C)C)CC3)ccc2o1. The average Bonchev–Trinajstić information content (AvgIpc) is 3.71. The molecule has 12 heteroatoms. The van der Waals surface area contributed by atoms with Crippen LogP contribution in [0.4, 0.5) is 14.9 Å². The van der Waals surface area contributed by atoms with Crippen LogP contribution in [0.5, 0.6) is 0 Å². The lowest BCUT2D eigenvalue weighted by atomic mass is 9.75. The standard InChI is InChI=1S/C37H52FN3O8/c1-6-47-35(44)31-20-25-19-26(13-16-30(25)48-31)39-33(42)32-28(22-11-14-27(46-5)15-12-22)17-18-41(32)34(43)24-9-7-23(8-10-24)29(21-38)40-36(45)49-37(2,3)4/h13,16,19-20,22-24,27-29,32H,6-12,14-15,17-18,21H2,1-5H3,(H,39,42)(H,40,45)/t22?,23?,24?,27?,28-,29?,32-/m0/s1. The fourth-order valence-electron chi connectivity index (χ4n) is 8.03. The number of rotatable bonds is 10. The molecule has 5 rings (SSSR count). The maximum atomic E-state index is 14.2. The molecule has 0 spiro atoms. The highest BCUT2D eigenvalue weighted by atomic mass is 19.1. The molecule has 1 unspecified atom stereocenters. The Kier molecular flexibility index (Phi) is 11.9. The molecule has 1 saturated heterocycles. The Labute approximate surface area is 287 Å². The molecule has 11 nitrogen and oxygen atoms in total. The number of nitrogens with zero attached hydrogens (tertiary/aromatic N) is 1. The van der Waals surface area contributed by atoms with E-state index in [9.17, 15) is 23.6 Å². The number of amides is 3.